The van der Waals surface area contributed by atoms with Gasteiger partial charge < -0.3 is 11.1 Å². The highest BCUT2D eigenvalue weighted by atomic mass is 79.9. The molecule has 1 fully saturated rings. The third-order valence-electron chi connectivity index (χ3n) is 2.65. The van der Waals surface area contributed by atoms with Crippen LogP contribution in [0.2, 0.25) is 0 Å². The molecule has 0 aliphatic heterocycles. The Balaban J connectivity index is 2.08. The second-order valence-corrected chi connectivity index (χ2v) is 4.88. The second kappa shape index (κ2) is 3.24. The molecule has 0 bridgehead atoms. The van der Waals surface area contributed by atoms with Crippen LogP contribution >= 0.6 is 15.9 Å². The van der Waals surface area contributed by atoms with Crippen LogP contribution < -0.4 is 11.1 Å². The lowest BCUT2D eigenvalue weighted by molar-refractivity contribution is 0.695. The van der Waals surface area contributed by atoms with E-state index in [1.54, 1.807) is 0 Å². The molecule has 1 aromatic heterocycles. The van der Waals surface area contributed by atoms with Crippen molar-refractivity contribution in [2.75, 3.05) is 11.9 Å². The van der Waals surface area contributed by atoms with Crippen LogP contribution in [0.4, 0.5) is 5.82 Å². The van der Waals surface area contributed by atoms with Crippen molar-refractivity contribution in [2.45, 2.75) is 25.3 Å². The van der Waals surface area contributed by atoms with Gasteiger partial charge >= 0.3 is 0 Å². The Kier molecular flexibility index (Phi) is 2.31. The van der Waals surface area contributed by atoms with Crippen LogP contribution in [0, 0.1) is 6.92 Å². The minimum Gasteiger partial charge on any atom is -0.367 e. The molecule has 0 atom stereocenters. The van der Waals surface area contributed by atoms with E-state index < -0.39 is 0 Å². The number of hydrogen-bond acceptors (Lipinski definition) is 3. The van der Waals surface area contributed by atoms with Crippen LogP contribution in [0.3, 0.4) is 0 Å². The summed E-state index contributed by atoms with van der Waals surface area (Å²) in [5, 5.41) is 7.63. The summed E-state index contributed by atoms with van der Waals surface area (Å²) in [5.74, 6) is 1.01. The van der Waals surface area contributed by atoms with Gasteiger partial charge in [0.15, 0.2) is 0 Å². The fourth-order valence-electron chi connectivity index (χ4n) is 1.42. The molecule has 4 nitrogen and oxygen atoms in total. The molecule has 0 amide bonds. The first kappa shape index (κ1) is 9.98. The summed E-state index contributed by atoms with van der Waals surface area (Å²) in [4.78, 5) is 0. The van der Waals surface area contributed by atoms with Gasteiger partial charge in [-0.2, -0.15) is 5.10 Å². The minimum absolute atomic E-state index is 0.0254. The summed E-state index contributed by atoms with van der Waals surface area (Å²) in [5.41, 5.74) is 7.02. The van der Waals surface area contributed by atoms with E-state index in [0.29, 0.717) is 0 Å². The molecule has 1 heterocycles. The molecule has 0 spiro atoms. The molecule has 0 saturated heterocycles. The Morgan fingerprint density at radius 3 is 2.71 bits per heavy atom. The van der Waals surface area contributed by atoms with E-state index in [9.17, 15) is 0 Å². The fraction of sp³-hybridized carbons (Fsp3) is 0.667. The van der Waals surface area contributed by atoms with E-state index >= 15 is 0 Å². The molecule has 2 rings (SSSR count). The van der Waals surface area contributed by atoms with Crippen LogP contribution in [0.1, 0.15) is 18.5 Å². The van der Waals surface area contributed by atoms with Crippen molar-refractivity contribution in [3.63, 3.8) is 0 Å². The van der Waals surface area contributed by atoms with Crippen LogP contribution in [0.15, 0.2) is 4.47 Å². The number of halogens is 1. The molecule has 1 aliphatic rings. The molecule has 1 aliphatic carbocycles. The van der Waals surface area contributed by atoms with Gasteiger partial charge in [0.05, 0.1) is 10.2 Å². The van der Waals surface area contributed by atoms with Crippen molar-refractivity contribution in [1.82, 2.24) is 9.78 Å². The predicted octanol–water partition coefficient (Wildman–Crippen LogP) is 1.39. The first-order valence-corrected chi connectivity index (χ1v) is 5.53. The first-order valence-electron chi connectivity index (χ1n) is 4.74. The average molecular weight is 259 g/mol. The smallest absolute Gasteiger partial charge is 0.138 e. The molecule has 0 aromatic carbocycles. The number of aromatic nitrogens is 2. The van der Waals surface area contributed by atoms with Crippen molar-refractivity contribution in [2.24, 2.45) is 12.8 Å². The number of nitrogens with two attached hydrogens (primary N) is 1. The number of nitrogens with zero attached hydrogens (tertiary/aromatic N) is 2. The summed E-state index contributed by atoms with van der Waals surface area (Å²) in [6.45, 7) is 2.80. The van der Waals surface area contributed by atoms with Crippen LogP contribution in [0.5, 0.6) is 0 Å². The van der Waals surface area contributed by atoms with E-state index in [-0.39, 0.29) is 5.54 Å². The van der Waals surface area contributed by atoms with E-state index in [1.165, 1.54) is 0 Å². The zero-order valence-electron chi connectivity index (χ0n) is 8.47. The molecule has 0 radical (unpaired) electrons. The number of anilines is 1. The maximum atomic E-state index is 5.99. The lowest BCUT2D eigenvalue weighted by Gasteiger charge is -2.11. The maximum absolute atomic E-state index is 5.99. The second-order valence-electron chi connectivity index (χ2n) is 4.09. The summed E-state index contributed by atoms with van der Waals surface area (Å²) >= 11 is 3.50. The lowest BCUT2D eigenvalue weighted by Crippen LogP contribution is -2.31. The van der Waals surface area contributed by atoms with Crippen LogP contribution in [-0.4, -0.2) is 21.9 Å². The van der Waals surface area contributed by atoms with E-state index in [4.69, 9.17) is 5.73 Å². The van der Waals surface area contributed by atoms with E-state index in [0.717, 1.165) is 35.4 Å². The number of rotatable bonds is 3. The Bertz CT molecular complexity index is 354. The SMILES string of the molecule is Cc1nn(C)c(NCC2(N)CC2)c1Br. The fourth-order valence-corrected chi connectivity index (χ4v) is 1.90. The predicted molar refractivity (Wildman–Crippen MR) is 60.3 cm³/mol. The summed E-state index contributed by atoms with van der Waals surface area (Å²) in [6, 6.07) is 0. The van der Waals surface area contributed by atoms with Crippen LogP contribution in [-0.2, 0) is 7.05 Å². The van der Waals surface area contributed by atoms with Crippen molar-refractivity contribution in [1.29, 1.82) is 0 Å². The topological polar surface area (TPSA) is 55.9 Å². The quantitative estimate of drug-likeness (QED) is 0.862. The molecular weight excluding hydrogens is 244 g/mol. The molecule has 1 saturated carbocycles. The van der Waals surface area contributed by atoms with E-state index in [1.807, 2.05) is 18.7 Å². The van der Waals surface area contributed by atoms with Gasteiger partial charge in [-0.15, -0.1) is 0 Å². The minimum atomic E-state index is 0.0254. The standard InChI is InChI=1S/C9H15BrN4/c1-6-7(10)8(14(2)13-6)12-5-9(11)3-4-9/h12H,3-5,11H2,1-2H3. The van der Waals surface area contributed by atoms with Gasteiger partial charge in [0.1, 0.15) is 5.82 Å². The number of aryl methyl sites for hydroxylation is 2. The molecule has 1 aromatic rings. The summed E-state index contributed by atoms with van der Waals surface area (Å²) in [7, 11) is 1.93. The largest absolute Gasteiger partial charge is 0.367 e. The monoisotopic (exact) mass is 258 g/mol. The Hall–Kier alpha value is -0.550. The highest BCUT2D eigenvalue weighted by Gasteiger charge is 2.38. The molecular formula is C9H15BrN4. The van der Waals surface area contributed by atoms with Crippen molar-refractivity contribution in [3.8, 4) is 0 Å². The number of nitrogens with one attached hydrogen (secondary N) is 1. The van der Waals surface area contributed by atoms with E-state index in [2.05, 4.69) is 26.3 Å². The van der Waals surface area contributed by atoms with Crippen molar-refractivity contribution >= 4 is 21.7 Å². The summed E-state index contributed by atoms with van der Waals surface area (Å²) in [6.07, 6.45) is 2.24. The van der Waals surface area contributed by atoms with Crippen molar-refractivity contribution in [3.05, 3.63) is 10.2 Å². The normalized spacial score (nSPS) is 18.3. The highest BCUT2D eigenvalue weighted by Crippen LogP contribution is 2.33. The Morgan fingerprint density at radius 1 is 1.64 bits per heavy atom. The Morgan fingerprint density at radius 2 is 2.29 bits per heavy atom. The number of hydrogen-bond donors (Lipinski definition) is 2. The molecule has 5 heteroatoms. The third kappa shape index (κ3) is 1.79. The average Bonchev–Trinajstić information content (AvgIpc) is 2.78. The maximum Gasteiger partial charge on any atom is 0.138 e. The van der Waals surface area contributed by atoms with Gasteiger partial charge in [-0.1, -0.05) is 0 Å². The zero-order valence-corrected chi connectivity index (χ0v) is 10.1. The Labute approximate surface area is 92.0 Å². The van der Waals surface area contributed by atoms with Gasteiger partial charge in [-0.05, 0) is 35.7 Å². The van der Waals surface area contributed by atoms with Gasteiger partial charge in [-0.3, -0.25) is 4.68 Å². The highest BCUT2D eigenvalue weighted by molar-refractivity contribution is 9.10. The third-order valence-corrected chi connectivity index (χ3v) is 3.60. The molecule has 78 valence electrons. The summed E-state index contributed by atoms with van der Waals surface area (Å²) < 4.78 is 2.87. The molecule has 14 heavy (non-hydrogen) atoms. The van der Waals surface area contributed by atoms with Gasteiger partial charge in [0.25, 0.3) is 0 Å². The van der Waals surface area contributed by atoms with Crippen molar-refractivity contribution < 1.29 is 0 Å². The molecule has 0 unspecified atom stereocenters. The first-order chi connectivity index (χ1) is 6.52. The van der Waals surface area contributed by atoms with Gasteiger partial charge in [0.2, 0.25) is 0 Å². The lowest BCUT2D eigenvalue weighted by atomic mass is 10.3. The molecule has 3 N–H and O–H groups in total. The van der Waals surface area contributed by atoms with Crippen LogP contribution in [0.25, 0.3) is 0 Å². The van der Waals surface area contributed by atoms with Gasteiger partial charge in [-0.25, -0.2) is 0 Å². The zero-order chi connectivity index (χ0) is 10.3. The van der Waals surface area contributed by atoms with Gasteiger partial charge in [0, 0.05) is 19.1 Å².